The predicted molar refractivity (Wildman–Crippen MR) is 84.7 cm³/mol. The van der Waals surface area contributed by atoms with Gasteiger partial charge >= 0.3 is 0 Å². The molecule has 3 aromatic rings. The van der Waals surface area contributed by atoms with Crippen molar-refractivity contribution in [3.8, 4) is 0 Å². The van der Waals surface area contributed by atoms with E-state index in [1.165, 1.54) is 9.75 Å². The van der Waals surface area contributed by atoms with Crippen molar-refractivity contribution in [3.63, 3.8) is 0 Å². The van der Waals surface area contributed by atoms with Crippen molar-refractivity contribution in [3.05, 3.63) is 45.5 Å². The smallest absolute Gasteiger partial charge is 0.160 e. The summed E-state index contributed by atoms with van der Waals surface area (Å²) in [6.45, 7) is 6.29. The Bertz CT molecular complexity index is 760. The summed E-state index contributed by atoms with van der Waals surface area (Å²) in [4.78, 5) is 11.9. The summed E-state index contributed by atoms with van der Waals surface area (Å²) in [6, 6.07) is 8.51. The van der Waals surface area contributed by atoms with E-state index in [0.717, 1.165) is 22.7 Å². The fraction of sp³-hybridized carbons (Fsp3) is 0.333. The molecule has 20 heavy (non-hydrogen) atoms. The van der Waals surface area contributed by atoms with E-state index in [4.69, 9.17) is 11.6 Å². The number of imidazole rings is 1. The summed E-state index contributed by atoms with van der Waals surface area (Å²) in [5.74, 6) is 1.27. The zero-order valence-corrected chi connectivity index (χ0v) is 13.3. The lowest BCUT2D eigenvalue weighted by Crippen LogP contribution is -2.09. The fourth-order valence-corrected chi connectivity index (χ4v) is 3.53. The van der Waals surface area contributed by atoms with E-state index in [0.29, 0.717) is 5.88 Å². The maximum atomic E-state index is 6.07. The third kappa shape index (κ3) is 2.23. The van der Waals surface area contributed by atoms with Gasteiger partial charge in [-0.2, -0.15) is 0 Å². The number of hydrogen-bond acceptors (Lipinski definition) is 3. The molecule has 3 heterocycles. The quantitative estimate of drug-likeness (QED) is 0.669. The largest absolute Gasteiger partial charge is 0.304 e. The number of fused-ring (bicyclic) bond motifs is 1. The molecule has 0 N–H and O–H groups in total. The average Bonchev–Trinajstić information content (AvgIpc) is 3.01. The van der Waals surface area contributed by atoms with Crippen LogP contribution in [0.1, 0.15) is 34.2 Å². The van der Waals surface area contributed by atoms with Crippen LogP contribution < -0.4 is 0 Å². The molecule has 0 saturated carbocycles. The highest BCUT2D eigenvalue weighted by atomic mass is 35.5. The molecule has 0 aliphatic carbocycles. The molecule has 0 saturated heterocycles. The van der Waals surface area contributed by atoms with E-state index in [9.17, 15) is 0 Å². The molecule has 0 radical (unpaired) electrons. The molecule has 0 bridgehead atoms. The highest BCUT2D eigenvalue weighted by Crippen LogP contribution is 2.30. The van der Waals surface area contributed by atoms with Gasteiger partial charge < -0.3 is 4.57 Å². The van der Waals surface area contributed by atoms with Gasteiger partial charge in [-0.1, -0.05) is 0 Å². The van der Waals surface area contributed by atoms with Crippen molar-refractivity contribution in [1.82, 2.24) is 14.5 Å². The molecule has 104 valence electrons. The third-order valence-corrected chi connectivity index (χ3v) is 4.84. The van der Waals surface area contributed by atoms with Crippen molar-refractivity contribution in [2.24, 2.45) is 0 Å². The van der Waals surface area contributed by atoms with E-state index in [1.807, 2.05) is 19.1 Å². The normalized spacial score (nSPS) is 13.0. The maximum absolute atomic E-state index is 6.07. The Kier molecular flexibility index (Phi) is 3.52. The first-order chi connectivity index (χ1) is 9.60. The first-order valence-electron chi connectivity index (χ1n) is 6.57. The minimum absolute atomic E-state index is 0.196. The van der Waals surface area contributed by atoms with Gasteiger partial charge in [0, 0.05) is 15.4 Å². The van der Waals surface area contributed by atoms with E-state index in [1.54, 1.807) is 11.3 Å². The number of pyridine rings is 1. The Morgan fingerprint density at radius 1 is 1.20 bits per heavy atom. The van der Waals surface area contributed by atoms with Crippen LogP contribution in [0.15, 0.2) is 24.3 Å². The molecule has 0 fully saturated rings. The van der Waals surface area contributed by atoms with Crippen LogP contribution in [0.5, 0.6) is 0 Å². The van der Waals surface area contributed by atoms with Gasteiger partial charge in [-0.25, -0.2) is 9.97 Å². The molecule has 1 unspecified atom stereocenters. The van der Waals surface area contributed by atoms with Crippen LogP contribution >= 0.6 is 22.9 Å². The van der Waals surface area contributed by atoms with Gasteiger partial charge in [0.1, 0.15) is 11.3 Å². The van der Waals surface area contributed by atoms with Crippen LogP contribution in [0, 0.1) is 13.8 Å². The third-order valence-electron chi connectivity index (χ3n) is 3.43. The molecule has 3 rings (SSSR count). The van der Waals surface area contributed by atoms with E-state index >= 15 is 0 Å². The molecule has 0 aromatic carbocycles. The summed E-state index contributed by atoms with van der Waals surface area (Å²) in [5, 5.41) is 0. The van der Waals surface area contributed by atoms with Gasteiger partial charge in [0.05, 0.1) is 11.9 Å². The topological polar surface area (TPSA) is 30.7 Å². The lowest BCUT2D eigenvalue weighted by molar-refractivity contribution is 0.638. The van der Waals surface area contributed by atoms with Crippen LogP contribution in [0.25, 0.3) is 11.2 Å². The Morgan fingerprint density at radius 3 is 2.65 bits per heavy atom. The standard InChI is InChI=1S/C15H16ClN3S/c1-9-4-6-12-15(17-9)19(14(8-16)18-12)11(3)13-7-5-10(2)20-13/h4-7,11H,8H2,1-3H3. The van der Waals surface area contributed by atoms with Gasteiger partial charge in [0.2, 0.25) is 0 Å². The van der Waals surface area contributed by atoms with E-state index in [-0.39, 0.29) is 6.04 Å². The van der Waals surface area contributed by atoms with Gasteiger partial charge in [-0.3, -0.25) is 0 Å². The molecule has 5 heteroatoms. The first kappa shape index (κ1) is 13.6. The summed E-state index contributed by atoms with van der Waals surface area (Å²) >= 11 is 7.88. The molecule has 0 aliphatic heterocycles. The van der Waals surface area contributed by atoms with Crippen LogP contribution in [0.4, 0.5) is 0 Å². The summed E-state index contributed by atoms with van der Waals surface area (Å²) in [5.41, 5.74) is 2.82. The Hall–Kier alpha value is -1.39. The number of hydrogen-bond donors (Lipinski definition) is 0. The maximum Gasteiger partial charge on any atom is 0.160 e. The summed E-state index contributed by atoms with van der Waals surface area (Å²) < 4.78 is 2.15. The molecule has 3 aromatic heterocycles. The zero-order valence-electron chi connectivity index (χ0n) is 11.7. The number of thiophene rings is 1. The van der Waals surface area contributed by atoms with Crippen molar-refractivity contribution >= 4 is 34.1 Å². The van der Waals surface area contributed by atoms with Crippen LogP contribution in [-0.4, -0.2) is 14.5 Å². The highest BCUT2D eigenvalue weighted by molar-refractivity contribution is 7.12. The minimum atomic E-state index is 0.196. The molecule has 0 spiro atoms. The number of alkyl halides is 1. The van der Waals surface area contributed by atoms with E-state index in [2.05, 4.69) is 40.5 Å². The van der Waals surface area contributed by atoms with Crippen molar-refractivity contribution in [1.29, 1.82) is 0 Å². The number of halogens is 1. The Morgan fingerprint density at radius 2 is 2.00 bits per heavy atom. The average molecular weight is 306 g/mol. The molecule has 3 nitrogen and oxygen atoms in total. The fourth-order valence-electron chi connectivity index (χ4n) is 2.42. The first-order valence-corrected chi connectivity index (χ1v) is 7.92. The Labute approximate surface area is 127 Å². The molecule has 1 atom stereocenters. The van der Waals surface area contributed by atoms with Crippen LogP contribution in [-0.2, 0) is 5.88 Å². The van der Waals surface area contributed by atoms with Crippen molar-refractivity contribution in [2.45, 2.75) is 32.7 Å². The molecular weight excluding hydrogens is 290 g/mol. The number of nitrogens with zero attached hydrogens (tertiary/aromatic N) is 3. The second kappa shape index (κ2) is 5.19. The lowest BCUT2D eigenvalue weighted by Gasteiger charge is -2.15. The van der Waals surface area contributed by atoms with Crippen molar-refractivity contribution in [2.75, 3.05) is 0 Å². The van der Waals surface area contributed by atoms with E-state index < -0.39 is 0 Å². The molecule has 0 amide bonds. The summed E-state index contributed by atoms with van der Waals surface area (Å²) in [7, 11) is 0. The number of aromatic nitrogens is 3. The number of aryl methyl sites for hydroxylation is 2. The van der Waals surface area contributed by atoms with Gasteiger partial charge in [-0.05, 0) is 45.0 Å². The van der Waals surface area contributed by atoms with Gasteiger partial charge in [0.25, 0.3) is 0 Å². The molecule has 0 aliphatic rings. The predicted octanol–water partition coefficient (Wildman–Crippen LogP) is 4.46. The summed E-state index contributed by atoms with van der Waals surface area (Å²) in [6.07, 6.45) is 0. The van der Waals surface area contributed by atoms with Crippen LogP contribution in [0.2, 0.25) is 0 Å². The minimum Gasteiger partial charge on any atom is -0.304 e. The van der Waals surface area contributed by atoms with Crippen LogP contribution in [0.3, 0.4) is 0 Å². The zero-order chi connectivity index (χ0) is 14.3. The Balaban J connectivity index is 2.20. The van der Waals surface area contributed by atoms with Gasteiger partial charge in [-0.15, -0.1) is 22.9 Å². The SMILES string of the molecule is Cc1ccc2nc(CCl)n(C(C)c3ccc(C)s3)c2n1. The second-order valence-corrected chi connectivity index (χ2v) is 6.54. The lowest BCUT2D eigenvalue weighted by atomic mass is 10.2. The van der Waals surface area contributed by atoms with Gasteiger partial charge in [0.15, 0.2) is 5.65 Å². The highest BCUT2D eigenvalue weighted by Gasteiger charge is 2.18. The second-order valence-electron chi connectivity index (χ2n) is 4.95. The molecular formula is C15H16ClN3S. The van der Waals surface area contributed by atoms with Crippen molar-refractivity contribution < 1.29 is 0 Å². The monoisotopic (exact) mass is 305 g/mol. The number of rotatable bonds is 3.